The number of halogens is 2. The molecule has 6 nitrogen and oxygen atoms in total. The van der Waals surface area contributed by atoms with Crippen LogP contribution in [0.15, 0.2) is 41.9 Å². The Morgan fingerprint density at radius 3 is 2.78 bits per heavy atom. The predicted molar refractivity (Wildman–Crippen MR) is 145 cm³/mol. The zero-order chi connectivity index (χ0) is 25.5. The number of nitrogens with zero attached hydrogens (tertiary/aromatic N) is 3. The fourth-order valence-electron chi connectivity index (χ4n) is 5.31. The summed E-state index contributed by atoms with van der Waals surface area (Å²) in [7, 11) is 0. The number of hydrogen-bond donors (Lipinski definition) is 2. The maximum Gasteiger partial charge on any atom is 0.227 e. The molecular weight excluding hydrogens is 492 g/mol. The van der Waals surface area contributed by atoms with Gasteiger partial charge in [0.05, 0.1) is 18.4 Å². The first-order valence-corrected chi connectivity index (χ1v) is 13.6. The van der Waals surface area contributed by atoms with Crippen molar-refractivity contribution in [3.05, 3.63) is 59.1 Å². The van der Waals surface area contributed by atoms with Crippen LogP contribution in [0, 0.1) is 11.6 Å². The summed E-state index contributed by atoms with van der Waals surface area (Å²) in [5.41, 5.74) is 3.21. The highest BCUT2D eigenvalue weighted by atomic mass is 32.1. The number of fused-ring (bicyclic) bond motifs is 2. The molecule has 37 heavy (non-hydrogen) atoms. The van der Waals surface area contributed by atoms with Crippen molar-refractivity contribution in [2.24, 2.45) is 0 Å². The molecule has 0 bridgehead atoms. The van der Waals surface area contributed by atoms with E-state index in [1.807, 2.05) is 19.9 Å². The molecule has 2 aliphatic heterocycles. The van der Waals surface area contributed by atoms with Gasteiger partial charge in [0.15, 0.2) is 17.4 Å². The molecule has 1 fully saturated rings. The summed E-state index contributed by atoms with van der Waals surface area (Å²) < 4.78 is 36.7. The zero-order valence-corrected chi connectivity index (χ0v) is 21.7. The Kier molecular flexibility index (Phi) is 6.42. The van der Waals surface area contributed by atoms with E-state index in [0.717, 1.165) is 37.8 Å². The molecule has 6 rings (SSSR count). The Balaban J connectivity index is 1.33. The van der Waals surface area contributed by atoms with E-state index in [9.17, 15) is 4.39 Å². The fraction of sp³-hybridized carbons (Fsp3) is 0.357. The Morgan fingerprint density at radius 1 is 1.14 bits per heavy atom. The van der Waals surface area contributed by atoms with Crippen molar-refractivity contribution >= 4 is 38.7 Å². The number of piperidine rings is 1. The van der Waals surface area contributed by atoms with E-state index in [-0.39, 0.29) is 23.4 Å². The molecule has 0 amide bonds. The van der Waals surface area contributed by atoms with E-state index in [2.05, 4.69) is 43.0 Å². The molecule has 0 saturated carbocycles. The predicted octanol–water partition coefficient (Wildman–Crippen LogP) is 6.45. The normalized spacial score (nSPS) is 16.2. The summed E-state index contributed by atoms with van der Waals surface area (Å²) in [6, 6.07) is 9.36. The van der Waals surface area contributed by atoms with Gasteiger partial charge < -0.3 is 20.3 Å². The van der Waals surface area contributed by atoms with Crippen molar-refractivity contribution in [1.82, 2.24) is 15.3 Å². The summed E-state index contributed by atoms with van der Waals surface area (Å²) in [5.74, 6) is -0.139. The van der Waals surface area contributed by atoms with E-state index in [1.165, 1.54) is 21.7 Å². The topological polar surface area (TPSA) is 62.3 Å². The number of benzene rings is 2. The molecule has 0 radical (unpaired) electrons. The van der Waals surface area contributed by atoms with E-state index in [0.29, 0.717) is 30.3 Å². The van der Waals surface area contributed by atoms with Gasteiger partial charge in [-0.1, -0.05) is 0 Å². The van der Waals surface area contributed by atoms with Gasteiger partial charge in [0.2, 0.25) is 5.95 Å². The molecule has 0 unspecified atom stereocenters. The molecular formula is C28H29F2N5OS. The molecule has 9 heteroatoms. The molecule has 2 aliphatic rings. The number of hydrogen-bond acceptors (Lipinski definition) is 7. The SMILES string of the molecule is CC(C)N1CCOc2c(F)cc(-c3nc(Nc4ccc5scc(C6CCNCC6)c5c4)ncc3F)cc21. The Morgan fingerprint density at radius 2 is 1.97 bits per heavy atom. The third kappa shape index (κ3) is 4.62. The number of ether oxygens (including phenoxy) is 1. The Labute approximate surface area is 218 Å². The Bertz CT molecular complexity index is 1450. The summed E-state index contributed by atoms with van der Waals surface area (Å²) in [6.45, 7) is 7.19. The first kappa shape index (κ1) is 24.1. The van der Waals surface area contributed by atoms with Crippen LogP contribution in [0.2, 0.25) is 0 Å². The minimum absolute atomic E-state index is 0.0421. The van der Waals surface area contributed by atoms with Crippen molar-refractivity contribution < 1.29 is 13.5 Å². The van der Waals surface area contributed by atoms with Gasteiger partial charge in [0.25, 0.3) is 0 Å². The maximum absolute atomic E-state index is 15.0. The average molecular weight is 522 g/mol. The van der Waals surface area contributed by atoms with Crippen molar-refractivity contribution in [3.8, 4) is 17.0 Å². The second-order valence-electron chi connectivity index (χ2n) is 9.88. The van der Waals surface area contributed by atoms with E-state index >= 15 is 4.39 Å². The molecule has 4 aromatic rings. The minimum Gasteiger partial charge on any atom is -0.486 e. The van der Waals surface area contributed by atoms with Gasteiger partial charge in [0, 0.05) is 22.0 Å². The smallest absolute Gasteiger partial charge is 0.227 e. The lowest BCUT2D eigenvalue weighted by molar-refractivity contribution is 0.287. The standard InChI is InChI=1S/C28H29F2N5OS/c1-16(2)35-9-10-36-27-22(29)11-18(12-24(27)35)26-23(30)14-32-28(34-26)33-19-3-4-25-20(13-19)21(15-37-25)17-5-7-31-8-6-17/h3-4,11-17,31H,5-10H2,1-2H3,(H,32,33,34). The number of anilines is 3. The first-order chi connectivity index (χ1) is 18.0. The summed E-state index contributed by atoms with van der Waals surface area (Å²) in [6.07, 6.45) is 3.39. The molecule has 0 atom stereocenters. The van der Waals surface area contributed by atoms with Crippen molar-refractivity contribution in [2.45, 2.75) is 38.6 Å². The number of thiophene rings is 1. The number of aromatic nitrogens is 2. The summed E-state index contributed by atoms with van der Waals surface area (Å²) in [5, 5.41) is 10.2. The molecule has 2 aromatic heterocycles. The van der Waals surface area contributed by atoms with Crippen LogP contribution >= 0.6 is 11.3 Å². The van der Waals surface area contributed by atoms with Crippen LogP contribution in [0.4, 0.5) is 26.1 Å². The Hall–Kier alpha value is -3.30. The molecule has 0 aliphatic carbocycles. The van der Waals surface area contributed by atoms with Crippen molar-refractivity contribution in [2.75, 3.05) is 36.5 Å². The lowest BCUT2D eigenvalue weighted by atomic mass is 9.90. The van der Waals surface area contributed by atoms with Gasteiger partial charge in [-0.15, -0.1) is 11.3 Å². The second kappa shape index (κ2) is 9.87. The van der Waals surface area contributed by atoms with Gasteiger partial charge in [-0.2, -0.15) is 0 Å². The summed E-state index contributed by atoms with van der Waals surface area (Å²) in [4.78, 5) is 10.7. The second-order valence-corrected chi connectivity index (χ2v) is 10.8. The average Bonchev–Trinajstić information content (AvgIpc) is 3.33. The van der Waals surface area contributed by atoms with E-state index in [4.69, 9.17) is 4.74 Å². The third-order valence-corrected chi connectivity index (χ3v) is 8.17. The van der Waals surface area contributed by atoms with Crippen LogP contribution in [-0.4, -0.2) is 42.3 Å². The highest BCUT2D eigenvalue weighted by Crippen LogP contribution is 2.40. The van der Waals surface area contributed by atoms with Crippen LogP contribution in [0.3, 0.4) is 0 Å². The van der Waals surface area contributed by atoms with Gasteiger partial charge in [-0.3, -0.25) is 0 Å². The summed E-state index contributed by atoms with van der Waals surface area (Å²) >= 11 is 1.76. The van der Waals surface area contributed by atoms with Gasteiger partial charge in [-0.25, -0.2) is 18.7 Å². The van der Waals surface area contributed by atoms with Gasteiger partial charge in [-0.05, 0) is 92.4 Å². The molecule has 1 saturated heterocycles. The van der Waals surface area contributed by atoms with Crippen LogP contribution in [0.1, 0.15) is 38.2 Å². The third-order valence-electron chi connectivity index (χ3n) is 7.19. The largest absolute Gasteiger partial charge is 0.486 e. The zero-order valence-electron chi connectivity index (χ0n) is 20.9. The van der Waals surface area contributed by atoms with Crippen LogP contribution < -0.4 is 20.3 Å². The molecule has 192 valence electrons. The molecule has 2 aromatic carbocycles. The lowest BCUT2D eigenvalue weighted by Gasteiger charge is -2.34. The highest BCUT2D eigenvalue weighted by molar-refractivity contribution is 7.17. The minimum atomic E-state index is -0.612. The van der Waals surface area contributed by atoms with Crippen molar-refractivity contribution in [1.29, 1.82) is 0 Å². The van der Waals surface area contributed by atoms with E-state index < -0.39 is 11.6 Å². The molecule has 0 spiro atoms. The fourth-order valence-corrected chi connectivity index (χ4v) is 6.33. The number of rotatable bonds is 5. The quantitative estimate of drug-likeness (QED) is 0.315. The first-order valence-electron chi connectivity index (χ1n) is 12.7. The van der Waals surface area contributed by atoms with Crippen molar-refractivity contribution in [3.63, 3.8) is 0 Å². The molecule has 2 N–H and O–H groups in total. The number of nitrogens with one attached hydrogen (secondary N) is 2. The molecule has 4 heterocycles. The van der Waals surface area contributed by atoms with Gasteiger partial charge in [0.1, 0.15) is 12.3 Å². The monoisotopic (exact) mass is 521 g/mol. The van der Waals surface area contributed by atoms with Crippen LogP contribution in [-0.2, 0) is 0 Å². The van der Waals surface area contributed by atoms with E-state index in [1.54, 1.807) is 17.4 Å². The lowest BCUT2D eigenvalue weighted by Crippen LogP contribution is -2.38. The maximum atomic E-state index is 15.0. The van der Waals surface area contributed by atoms with Crippen LogP contribution in [0.5, 0.6) is 5.75 Å². The van der Waals surface area contributed by atoms with Crippen LogP contribution in [0.25, 0.3) is 21.3 Å². The highest BCUT2D eigenvalue weighted by Gasteiger charge is 2.26. The van der Waals surface area contributed by atoms with Gasteiger partial charge >= 0.3 is 0 Å².